The summed E-state index contributed by atoms with van der Waals surface area (Å²) < 4.78 is 13.1. The topological polar surface area (TPSA) is 60.3 Å². The van der Waals surface area contributed by atoms with Crippen molar-refractivity contribution in [2.24, 2.45) is 0 Å². The second kappa shape index (κ2) is 9.11. The highest BCUT2D eigenvalue weighted by atomic mass is 32.1. The summed E-state index contributed by atoms with van der Waals surface area (Å²) in [5.41, 5.74) is 4.88. The highest BCUT2D eigenvalue weighted by Crippen LogP contribution is 2.32. The molecule has 0 saturated heterocycles. The van der Waals surface area contributed by atoms with E-state index in [1.54, 1.807) is 0 Å². The third kappa shape index (κ3) is 4.43. The van der Waals surface area contributed by atoms with Gasteiger partial charge >= 0.3 is 0 Å². The molecule has 0 bridgehead atoms. The minimum absolute atomic E-state index is 0.521. The van der Waals surface area contributed by atoms with Gasteiger partial charge in [0.25, 0.3) is 0 Å². The Balaban J connectivity index is 1.33. The van der Waals surface area contributed by atoms with E-state index in [0.29, 0.717) is 24.9 Å². The molecule has 0 radical (unpaired) electrons. The number of aromatic nitrogens is 2. The summed E-state index contributed by atoms with van der Waals surface area (Å²) in [7, 11) is 0. The highest BCUT2D eigenvalue weighted by molar-refractivity contribution is 7.80. The van der Waals surface area contributed by atoms with Crippen molar-refractivity contribution in [2.45, 2.75) is 6.54 Å². The summed E-state index contributed by atoms with van der Waals surface area (Å²) in [5.74, 6) is 1.47. The van der Waals surface area contributed by atoms with Crippen molar-refractivity contribution in [2.75, 3.05) is 18.5 Å². The van der Waals surface area contributed by atoms with Crippen LogP contribution in [0.2, 0.25) is 0 Å². The van der Waals surface area contributed by atoms with Gasteiger partial charge in [-0.3, -0.25) is 0 Å². The van der Waals surface area contributed by atoms with Gasteiger partial charge in [0.05, 0.1) is 11.4 Å². The third-order valence-electron chi connectivity index (χ3n) is 5.10. The molecule has 0 unspecified atom stereocenters. The molecule has 6 nitrogen and oxygen atoms in total. The van der Waals surface area contributed by atoms with Crippen molar-refractivity contribution >= 4 is 23.0 Å². The largest absolute Gasteiger partial charge is 0.486 e. The van der Waals surface area contributed by atoms with Crippen LogP contribution < -0.4 is 20.1 Å². The van der Waals surface area contributed by atoms with Gasteiger partial charge in [-0.15, -0.1) is 0 Å². The molecule has 2 heterocycles. The molecule has 0 spiro atoms. The summed E-state index contributed by atoms with van der Waals surface area (Å²) >= 11 is 5.53. The molecule has 160 valence electrons. The van der Waals surface area contributed by atoms with E-state index in [4.69, 9.17) is 26.8 Å². The number of hydrogen-bond acceptors (Lipinski definition) is 4. The van der Waals surface area contributed by atoms with E-state index in [9.17, 15) is 0 Å². The molecule has 0 atom stereocenters. The zero-order valence-corrected chi connectivity index (χ0v) is 18.1. The maximum Gasteiger partial charge on any atom is 0.171 e. The SMILES string of the molecule is S=C(NCc1cn(-c2ccccc2)nc1-c1ccccc1)Nc1ccc2c(c1)OCCO2. The predicted octanol–water partition coefficient (Wildman–Crippen LogP) is 4.80. The van der Waals surface area contributed by atoms with Gasteiger partial charge in [-0.1, -0.05) is 48.5 Å². The molecule has 2 N–H and O–H groups in total. The van der Waals surface area contributed by atoms with Crippen molar-refractivity contribution in [1.82, 2.24) is 15.1 Å². The molecule has 1 aliphatic rings. The Morgan fingerprint density at radius 3 is 2.41 bits per heavy atom. The van der Waals surface area contributed by atoms with Crippen LogP contribution in [0.5, 0.6) is 11.5 Å². The highest BCUT2D eigenvalue weighted by Gasteiger charge is 2.14. The van der Waals surface area contributed by atoms with Crippen LogP contribution in [-0.2, 0) is 6.54 Å². The molecular formula is C25H22N4O2S. The standard InChI is InChI=1S/C25H22N4O2S/c32-25(27-20-11-12-22-23(15-20)31-14-13-30-22)26-16-19-17-29(21-9-5-2-6-10-21)28-24(19)18-7-3-1-4-8-18/h1-12,15,17H,13-14,16H2,(H2,26,27,32). The van der Waals surface area contributed by atoms with Gasteiger partial charge < -0.3 is 20.1 Å². The van der Waals surface area contributed by atoms with E-state index in [0.717, 1.165) is 39.7 Å². The van der Waals surface area contributed by atoms with Crippen molar-refractivity contribution in [3.63, 3.8) is 0 Å². The monoisotopic (exact) mass is 442 g/mol. The van der Waals surface area contributed by atoms with Crippen LogP contribution in [-0.4, -0.2) is 28.1 Å². The molecule has 1 aliphatic heterocycles. The summed E-state index contributed by atoms with van der Waals surface area (Å²) in [6, 6.07) is 25.9. The van der Waals surface area contributed by atoms with E-state index in [-0.39, 0.29) is 0 Å². The van der Waals surface area contributed by atoms with Gasteiger partial charge in [0.2, 0.25) is 0 Å². The molecular weight excluding hydrogens is 420 g/mol. The average molecular weight is 443 g/mol. The quantitative estimate of drug-likeness (QED) is 0.433. The number of para-hydroxylation sites is 1. The number of anilines is 1. The van der Waals surface area contributed by atoms with Gasteiger partial charge in [0.15, 0.2) is 16.6 Å². The lowest BCUT2D eigenvalue weighted by atomic mass is 10.1. The Hall–Kier alpha value is -3.84. The average Bonchev–Trinajstić information content (AvgIpc) is 3.28. The maximum atomic E-state index is 5.64. The van der Waals surface area contributed by atoms with Crippen molar-refractivity contribution in [1.29, 1.82) is 0 Å². The van der Waals surface area contributed by atoms with Crippen molar-refractivity contribution in [3.05, 3.63) is 90.6 Å². The molecule has 0 aliphatic carbocycles. The summed E-state index contributed by atoms with van der Waals surface area (Å²) in [5, 5.41) is 11.9. The molecule has 5 rings (SSSR count). The maximum absolute atomic E-state index is 5.64. The smallest absolute Gasteiger partial charge is 0.171 e. The zero-order chi connectivity index (χ0) is 21.8. The minimum atomic E-state index is 0.521. The number of fused-ring (bicyclic) bond motifs is 1. The van der Waals surface area contributed by atoms with Gasteiger partial charge in [-0.2, -0.15) is 5.10 Å². The van der Waals surface area contributed by atoms with E-state index < -0.39 is 0 Å². The van der Waals surface area contributed by atoms with Crippen LogP contribution in [0.3, 0.4) is 0 Å². The van der Waals surface area contributed by atoms with Crippen LogP contribution in [0.15, 0.2) is 85.1 Å². The first-order chi connectivity index (χ1) is 15.8. The molecule has 4 aromatic rings. The van der Waals surface area contributed by atoms with Crippen LogP contribution in [0.4, 0.5) is 5.69 Å². The number of thiocarbonyl (C=S) groups is 1. The molecule has 3 aromatic carbocycles. The van der Waals surface area contributed by atoms with Gasteiger partial charge in [0.1, 0.15) is 13.2 Å². The van der Waals surface area contributed by atoms with Gasteiger partial charge in [0, 0.05) is 35.6 Å². The van der Waals surface area contributed by atoms with Crippen LogP contribution in [0, 0.1) is 0 Å². The second-order valence-electron chi connectivity index (χ2n) is 7.32. The fraction of sp³-hybridized carbons (Fsp3) is 0.120. The summed E-state index contributed by atoms with van der Waals surface area (Å²) in [6.45, 7) is 1.65. The zero-order valence-electron chi connectivity index (χ0n) is 17.3. The number of hydrogen-bond donors (Lipinski definition) is 2. The summed E-state index contributed by atoms with van der Waals surface area (Å²) in [6.07, 6.45) is 2.04. The van der Waals surface area contributed by atoms with Gasteiger partial charge in [-0.05, 0) is 36.5 Å². The predicted molar refractivity (Wildman–Crippen MR) is 129 cm³/mol. The van der Waals surface area contributed by atoms with Crippen molar-refractivity contribution < 1.29 is 9.47 Å². The first kappa shape index (κ1) is 20.1. The van der Waals surface area contributed by atoms with Gasteiger partial charge in [-0.25, -0.2) is 4.68 Å². The lowest BCUT2D eigenvalue weighted by Crippen LogP contribution is -2.28. The fourth-order valence-corrected chi connectivity index (χ4v) is 3.75. The lowest BCUT2D eigenvalue weighted by Gasteiger charge is -2.19. The number of nitrogens with zero attached hydrogens (tertiary/aromatic N) is 2. The van der Waals surface area contributed by atoms with Crippen LogP contribution in [0.25, 0.3) is 16.9 Å². The Morgan fingerprint density at radius 1 is 0.906 bits per heavy atom. The Bertz CT molecular complexity index is 1230. The van der Waals surface area contributed by atoms with Crippen LogP contribution >= 0.6 is 12.2 Å². The van der Waals surface area contributed by atoms with E-state index in [1.807, 2.05) is 77.6 Å². The molecule has 7 heteroatoms. The van der Waals surface area contributed by atoms with E-state index >= 15 is 0 Å². The Morgan fingerprint density at radius 2 is 1.62 bits per heavy atom. The lowest BCUT2D eigenvalue weighted by molar-refractivity contribution is 0.171. The molecule has 1 aromatic heterocycles. The number of nitrogens with one attached hydrogen (secondary N) is 2. The minimum Gasteiger partial charge on any atom is -0.486 e. The van der Waals surface area contributed by atoms with E-state index in [2.05, 4.69) is 22.8 Å². The Kier molecular flexibility index (Phi) is 5.72. The normalized spacial score (nSPS) is 12.2. The fourth-order valence-electron chi connectivity index (χ4n) is 3.56. The molecule has 0 amide bonds. The molecule has 0 saturated carbocycles. The number of ether oxygens (including phenoxy) is 2. The summed E-state index contributed by atoms with van der Waals surface area (Å²) in [4.78, 5) is 0. The number of benzene rings is 3. The second-order valence-corrected chi connectivity index (χ2v) is 7.72. The Labute approximate surface area is 191 Å². The van der Waals surface area contributed by atoms with Crippen molar-refractivity contribution in [3.8, 4) is 28.4 Å². The third-order valence-corrected chi connectivity index (χ3v) is 5.34. The molecule has 0 fully saturated rings. The molecule has 32 heavy (non-hydrogen) atoms. The number of rotatable bonds is 5. The first-order valence-electron chi connectivity index (χ1n) is 10.4. The van der Waals surface area contributed by atoms with E-state index in [1.165, 1.54) is 0 Å². The van der Waals surface area contributed by atoms with Crippen LogP contribution in [0.1, 0.15) is 5.56 Å². The first-order valence-corrected chi connectivity index (χ1v) is 10.8.